The minimum Gasteiger partial charge on any atom is -0.454 e. The fourth-order valence-electron chi connectivity index (χ4n) is 4.20. The van der Waals surface area contributed by atoms with Crippen LogP contribution in [0.25, 0.3) is 17.5 Å². The molecule has 3 aromatic rings. The van der Waals surface area contributed by atoms with Crippen LogP contribution in [0, 0.1) is 0 Å². The molecule has 0 atom stereocenters. The van der Waals surface area contributed by atoms with Crippen molar-refractivity contribution in [3.05, 3.63) is 108 Å². The SMILES string of the molecule is C=C(NCc1ccc2c(c1)OCO2)c1ccc2c(c1)C(=C)N(C/C=C/c1ccccc1)C(=O)N2C. The van der Waals surface area contributed by atoms with Gasteiger partial charge in [-0.25, -0.2) is 4.79 Å². The van der Waals surface area contributed by atoms with E-state index in [-0.39, 0.29) is 12.8 Å². The Morgan fingerprint density at radius 1 is 1.06 bits per heavy atom. The number of carbonyl (C=O) groups excluding carboxylic acids is 1. The molecule has 6 nitrogen and oxygen atoms in total. The molecule has 2 heterocycles. The van der Waals surface area contributed by atoms with Crippen molar-refractivity contribution < 1.29 is 14.3 Å². The zero-order valence-corrected chi connectivity index (χ0v) is 19.7. The van der Waals surface area contributed by atoms with Crippen molar-refractivity contribution in [2.75, 3.05) is 25.3 Å². The second kappa shape index (κ2) is 9.43. The molecule has 6 heteroatoms. The van der Waals surface area contributed by atoms with Crippen LogP contribution < -0.4 is 19.7 Å². The predicted molar refractivity (Wildman–Crippen MR) is 140 cm³/mol. The van der Waals surface area contributed by atoms with E-state index >= 15 is 0 Å². The highest BCUT2D eigenvalue weighted by atomic mass is 16.7. The van der Waals surface area contributed by atoms with Gasteiger partial charge in [0, 0.05) is 37.1 Å². The van der Waals surface area contributed by atoms with Gasteiger partial charge in [0.15, 0.2) is 11.5 Å². The molecule has 5 rings (SSSR count). The lowest BCUT2D eigenvalue weighted by Gasteiger charge is -2.36. The molecule has 0 radical (unpaired) electrons. The van der Waals surface area contributed by atoms with Gasteiger partial charge in [-0.05, 0) is 41.0 Å². The molecule has 0 aliphatic carbocycles. The first-order valence-electron chi connectivity index (χ1n) is 11.4. The van der Waals surface area contributed by atoms with Gasteiger partial charge in [0.2, 0.25) is 6.79 Å². The molecule has 176 valence electrons. The number of carbonyl (C=O) groups is 1. The molecule has 3 aromatic carbocycles. The predicted octanol–water partition coefficient (Wildman–Crippen LogP) is 5.73. The van der Waals surface area contributed by atoms with Crippen LogP contribution in [0.15, 0.2) is 86.0 Å². The van der Waals surface area contributed by atoms with Crippen LogP contribution in [0.5, 0.6) is 11.5 Å². The topological polar surface area (TPSA) is 54.0 Å². The Hall–Kier alpha value is -4.45. The third-order valence-electron chi connectivity index (χ3n) is 6.20. The van der Waals surface area contributed by atoms with Gasteiger partial charge in [-0.2, -0.15) is 0 Å². The lowest BCUT2D eigenvalue weighted by atomic mass is 10.0. The van der Waals surface area contributed by atoms with E-state index in [2.05, 4.69) is 18.5 Å². The quantitative estimate of drug-likeness (QED) is 0.484. The Kier molecular flexibility index (Phi) is 6.02. The summed E-state index contributed by atoms with van der Waals surface area (Å²) in [7, 11) is 1.79. The summed E-state index contributed by atoms with van der Waals surface area (Å²) in [5.74, 6) is 1.52. The number of benzene rings is 3. The summed E-state index contributed by atoms with van der Waals surface area (Å²) in [6.45, 7) is 9.76. The number of ether oxygens (including phenoxy) is 2. The summed E-state index contributed by atoms with van der Waals surface area (Å²) < 4.78 is 10.8. The summed E-state index contributed by atoms with van der Waals surface area (Å²) in [6.07, 6.45) is 3.99. The van der Waals surface area contributed by atoms with Crippen molar-refractivity contribution in [1.29, 1.82) is 0 Å². The normalized spacial score (nSPS) is 14.4. The maximum absolute atomic E-state index is 13.0. The van der Waals surface area contributed by atoms with Gasteiger partial charge in [-0.15, -0.1) is 0 Å². The third kappa shape index (κ3) is 4.51. The number of hydrogen-bond donors (Lipinski definition) is 1. The lowest BCUT2D eigenvalue weighted by molar-refractivity contribution is 0.174. The fraction of sp³-hybridized carbons (Fsp3) is 0.138. The second-order valence-corrected chi connectivity index (χ2v) is 8.46. The number of fused-ring (bicyclic) bond motifs is 2. The number of nitrogens with zero attached hydrogens (tertiary/aromatic N) is 2. The monoisotopic (exact) mass is 465 g/mol. The maximum Gasteiger partial charge on any atom is 0.329 e. The van der Waals surface area contributed by atoms with E-state index in [1.165, 1.54) is 0 Å². The molecule has 2 amide bonds. The van der Waals surface area contributed by atoms with Crippen LogP contribution in [-0.2, 0) is 6.54 Å². The van der Waals surface area contributed by atoms with Crippen LogP contribution in [0.2, 0.25) is 0 Å². The number of nitrogens with one attached hydrogen (secondary N) is 1. The van der Waals surface area contributed by atoms with Crippen molar-refractivity contribution in [3.8, 4) is 11.5 Å². The lowest BCUT2D eigenvalue weighted by Crippen LogP contribution is -2.44. The Labute approximate surface area is 205 Å². The molecule has 0 bridgehead atoms. The minimum atomic E-state index is -0.104. The maximum atomic E-state index is 13.0. The van der Waals surface area contributed by atoms with Crippen LogP contribution in [0.1, 0.15) is 22.3 Å². The first kappa shape index (κ1) is 22.3. The molecule has 0 unspecified atom stereocenters. The highest BCUT2D eigenvalue weighted by Crippen LogP contribution is 2.36. The molecule has 2 aliphatic rings. The molecule has 2 aliphatic heterocycles. The molecular formula is C29H27N3O3. The van der Waals surface area contributed by atoms with E-state index in [1.807, 2.05) is 78.9 Å². The average Bonchev–Trinajstić information content (AvgIpc) is 3.36. The van der Waals surface area contributed by atoms with Crippen molar-refractivity contribution in [1.82, 2.24) is 10.2 Å². The van der Waals surface area contributed by atoms with E-state index < -0.39 is 0 Å². The van der Waals surface area contributed by atoms with Crippen LogP contribution in [-0.4, -0.2) is 31.3 Å². The molecule has 0 fully saturated rings. The second-order valence-electron chi connectivity index (χ2n) is 8.46. The number of amides is 2. The first-order chi connectivity index (χ1) is 17.0. The van der Waals surface area contributed by atoms with Gasteiger partial charge in [0.1, 0.15) is 0 Å². The van der Waals surface area contributed by atoms with Gasteiger partial charge in [0.25, 0.3) is 0 Å². The Morgan fingerprint density at radius 2 is 1.86 bits per heavy atom. The van der Waals surface area contributed by atoms with E-state index in [0.29, 0.717) is 18.8 Å². The Balaban J connectivity index is 1.30. The number of rotatable bonds is 7. The zero-order valence-electron chi connectivity index (χ0n) is 19.7. The average molecular weight is 466 g/mol. The Morgan fingerprint density at radius 3 is 2.69 bits per heavy atom. The van der Waals surface area contributed by atoms with Crippen molar-refractivity contribution in [2.45, 2.75) is 6.54 Å². The fourth-order valence-corrected chi connectivity index (χ4v) is 4.20. The Bertz CT molecular complexity index is 1330. The van der Waals surface area contributed by atoms with Crippen molar-refractivity contribution in [2.24, 2.45) is 0 Å². The number of urea groups is 1. The van der Waals surface area contributed by atoms with Gasteiger partial charge < -0.3 is 14.8 Å². The summed E-state index contributed by atoms with van der Waals surface area (Å²) in [6, 6.07) is 21.7. The van der Waals surface area contributed by atoms with E-state index in [4.69, 9.17) is 9.47 Å². The van der Waals surface area contributed by atoms with Crippen LogP contribution in [0.3, 0.4) is 0 Å². The number of anilines is 1. The van der Waals surface area contributed by atoms with Gasteiger partial charge in [-0.1, -0.05) is 67.8 Å². The highest BCUT2D eigenvalue weighted by Gasteiger charge is 2.30. The summed E-state index contributed by atoms with van der Waals surface area (Å²) >= 11 is 0. The number of hydrogen-bond acceptors (Lipinski definition) is 4. The van der Waals surface area contributed by atoms with Crippen molar-refractivity contribution in [3.63, 3.8) is 0 Å². The third-order valence-corrected chi connectivity index (χ3v) is 6.20. The van der Waals surface area contributed by atoms with Crippen LogP contribution in [0.4, 0.5) is 10.5 Å². The molecule has 35 heavy (non-hydrogen) atoms. The van der Waals surface area contributed by atoms with E-state index in [9.17, 15) is 4.79 Å². The zero-order chi connectivity index (χ0) is 24.4. The van der Waals surface area contributed by atoms with Crippen LogP contribution >= 0.6 is 0 Å². The summed E-state index contributed by atoms with van der Waals surface area (Å²) in [5.41, 5.74) is 6.29. The smallest absolute Gasteiger partial charge is 0.329 e. The van der Waals surface area contributed by atoms with Gasteiger partial charge in [-0.3, -0.25) is 9.80 Å². The molecular weight excluding hydrogens is 438 g/mol. The van der Waals surface area contributed by atoms with Crippen molar-refractivity contribution >= 4 is 29.2 Å². The molecule has 0 saturated heterocycles. The summed E-state index contributed by atoms with van der Waals surface area (Å²) in [5, 5.41) is 3.39. The minimum absolute atomic E-state index is 0.104. The van der Waals surface area contributed by atoms with E-state index in [0.717, 1.165) is 45.1 Å². The standard InChI is InChI=1S/C29H27N3O3/c1-20(30-18-23-11-14-27-28(16-23)35-19-34-27)24-12-13-26-25(17-24)21(2)32(29(33)31(26)3)15-7-10-22-8-5-4-6-9-22/h4-14,16-17,30H,1-2,15,18-19H2,3H3/b10-7+. The highest BCUT2D eigenvalue weighted by molar-refractivity contribution is 6.04. The largest absolute Gasteiger partial charge is 0.454 e. The van der Waals surface area contributed by atoms with Gasteiger partial charge >= 0.3 is 6.03 Å². The molecule has 0 saturated carbocycles. The van der Waals surface area contributed by atoms with E-state index in [1.54, 1.807) is 16.8 Å². The molecule has 0 aromatic heterocycles. The first-order valence-corrected chi connectivity index (χ1v) is 11.4. The summed E-state index contributed by atoms with van der Waals surface area (Å²) in [4.78, 5) is 16.4. The van der Waals surface area contributed by atoms with Gasteiger partial charge in [0.05, 0.1) is 5.69 Å². The molecule has 1 N–H and O–H groups in total. The molecule has 0 spiro atoms.